The normalized spacial score (nSPS) is 10.0. The van der Waals surface area contributed by atoms with Gasteiger partial charge in [0, 0.05) is 12.6 Å². The van der Waals surface area contributed by atoms with Crippen molar-refractivity contribution >= 4 is 18.0 Å². The largest absolute Gasteiger partial charge is 0.466 e. The van der Waals surface area contributed by atoms with E-state index >= 15 is 0 Å². The van der Waals surface area contributed by atoms with E-state index in [1.165, 1.54) is 6.08 Å². The second kappa shape index (κ2) is 8.48. The SMILES string of the molecule is CCOC(=O)CCNC(=O)C=Cc1ccc(C#N)cc1. The maximum Gasteiger partial charge on any atom is 0.307 e. The van der Waals surface area contributed by atoms with Crippen LogP contribution in [0.25, 0.3) is 6.08 Å². The molecule has 0 aliphatic rings. The van der Waals surface area contributed by atoms with Gasteiger partial charge in [-0.15, -0.1) is 0 Å². The zero-order valence-electron chi connectivity index (χ0n) is 11.3. The number of hydrogen-bond donors (Lipinski definition) is 1. The van der Waals surface area contributed by atoms with Gasteiger partial charge < -0.3 is 10.1 Å². The van der Waals surface area contributed by atoms with Crippen LogP contribution in [0, 0.1) is 11.3 Å². The third-order valence-electron chi connectivity index (χ3n) is 2.40. The van der Waals surface area contributed by atoms with Crippen LogP contribution in [0.3, 0.4) is 0 Å². The number of hydrogen-bond acceptors (Lipinski definition) is 4. The molecule has 0 spiro atoms. The molecule has 0 unspecified atom stereocenters. The van der Waals surface area contributed by atoms with E-state index in [1.807, 2.05) is 6.07 Å². The van der Waals surface area contributed by atoms with Gasteiger partial charge >= 0.3 is 5.97 Å². The van der Waals surface area contributed by atoms with Crippen molar-refractivity contribution in [1.82, 2.24) is 5.32 Å². The van der Waals surface area contributed by atoms with Crippen molar-refractivity contribution in [2.75, 3.05) is 13.2 Å². The van der Waals surface area contributed by atoms with Crippen LogP contribution in [-0.4, -0.2) is 25.0 Å². The van der Waals surface area contributed by atoms with Gasteiger partial charge in [-0.3, -0.25) is 9.59 Å². The number of esters is 1. The summed E-state index contributed by atoms with van der Waals surface area (Å²) in [7, 11) is 0. The number of carbonyl (C=O) groups excluding carboxylic acids is 2. The summed E-state index contributed by atoms with van der Waals surface area (Å²) in [6.45, 7) is 2.32. The topological polar surface area (TPSA) is 79.2 Å². The minimum Gasteiger partial charge on any atom is -0.466 e. The van der Waals surface area contributed by atoms with Crippen LogP contribution in [0.1, 0.15) is 24.5 Å². The van der Waals surface area contributed by atoms with Crippen LogP contribution >= 0.6 is 0 Å². The van der Waals surface area contributed by atoms with Crippen LogP contribution in [0.2, 0.25) is 0 Å². The number of nitrogens with zero attached hydrogens (tertiary/aromatic N) is 1. The Morgan fingerprint density at radius 2 is 2.05 bits per heavy atom. The predicted molar refractivity (Wildman–Crippen MR) is 74.5 cm³/mol. The van der Waals surface area contributed by atoms with Crippen molar-refractivity contribution in [3.8, 4) is 6.07 Å². The molecule has 1 rings (SSSR count). The quantitative estimate of drug-likeness (QED) is 0.630. The molecule has 0 bridgehead atoms. The molecule has 5 heteroatoms. The van der Waals surface area contributed by atoms with Crippen molar-refractivity contribution in [3.63, 3.8) is 0 Å². The number of rotatable bonds is 6. The Balaban J connectivity index is 2.36. The molecule has 1 aromatic carbocycles. The molecular formula is C15H16N2O3. The van der Waals surface area contributed by atoms with Crippen LogP contribution < -0.4 is 5.32 Å². The molecule has 0 aliphatic carbocycles. The fourth-order valence-corrected chi connectivity index (χ4v) is 1.42. The van der Waals surface area contributed by atoms with E-state index in [1.54, 1.807) is 37.3 Å². The number of carbonyl (C=O) groups is 2. The van der Waals surface area contributed by atoms with E-state index in [9.17, 15) is 9.59 Å². The first kappa shape index (κ1) is 15.4. The van der Waals surface area contributed by atoms with Gasteiger partial charge in [-0.2, -0.15) is 5.26 Å². The van der Waals surface area contributed by atoms with Gasteiger partial charge in [0.15, 0.2) is 0 Å². The summed E-state index contributed by atoms with van der Waals surface area (Å²) in [5.74, 6) is -0.609. The molecule has 0 aliphatic heterocycles. The summed E-state index contributed by atoms with van der Waals surface area (Å²) in [5, 5.41) is 11.2. The third kappa shape index (κ3) is 5.83. The highest BCUT2D eigenvalue weighted by atomic mass is 16.5. The molecule has 0 saturated carbocycles. The second-order valence-corrected chi connectivity index (χ2v) is 3.91. The third-order valence-corrected chi connectivity index (χ3v) is 2.40. The first-order valence-corrected chi connectivity index (χ1v) is 6.27. The van der Waals surface area contributed by atoms with E-state index in [2.05, 4.69) is 5.32 Å². The number of amides is 1. The summed E-state index contributed by atoms with van der Waals surface area (Å²) in [6.07, 6.45) is 3.18. The van der Waals surface area contributed by atoms with Crippen molar-refractivity contribution in [3.05, 3.63) is 41.5 Å². The van der Waals surface area contributed by atoms with E-state index in [4.69, 9.17) is 10.00 Å². The molecule has 1 N–H and O–H groups in total. The molecule has 104 valence electrons. The predicted octanol–water partition coefficient (Wildman–Crippen LogP) is 1.64. The zero-order chi connectivity index (χ0) is 14.8. The standard InChI is InChI=1S/C15H16N2O3/c1-2-20-15(19)9-10-17-14(18)8-7-12-3-5-13(11-16)6-4-12/h3-8H,2,9-10H2,1H3,(H,17,18). The van der Waals surface area contributed by atoms with Crippen molar-refractivity contribution in [2.24, 2.45) is 0 Å². The zero-order valence-corrected chi connectivity index (χ0v) is 11.3. The highest BCUT2D eigenvalue weighted by Gasteiger charge is 2.02. The number of nitriles is 1. The number of ether oxygens (including phenoxy) is 1. The van der Waals surface area contributed by atoms with E-state index in [0.29, 0.717) is 12.2 Å². The Labute approximate surface area is 117 Å². The minimum atomic E-state index is -0.330. The van der Waals surface area contributed by atoms with E-state index in [-0.39, 0.29) is 24.8 Å². The Hall–Kier alpha value is -2.61. The lowest BCUT2D eigenvalue weighted by atomic mass is 10.1. The summed E-state index contributed by atoms with van der Waals surface area (Å²) >= 11 is 0. The molecule has 1 amide bonds. The summed E-state index contributed by atoms with van der Waals surface area (Å²) < 4.78 is 4.74. The Bertz CT molecular complexity index is 527. The van der Waals surface area contributed by atoms with Gasteiger partial charge in [-0.25, -0.2) is 0 Å². The lowest BCUT2D eigenvalue weighted by molar-refractivity contribution is -0.142. The van der Waals surface area contributed by atoms with Crippen molar-refractivity contribution < 1.29 is 14.3 Å². The molecule has 0 radical (unpaired) electrons. The van der Waals surface area contributed by atoms with Crippen molar-refractivity contribution in [1.29, 1.82) is 5.26 Å². The van der Waals surface area contributed by atoms with Crippen LogP contribution in [0.5, 0.6) is 0 Å². The molecule has 5 nitrogen and oxygen atoms in total. The van der Waals surface area contributed by atoms with Crippen LogP contribution in [0.4, 0.5) is 0 Å². The molecule has 1 aromatic rings. The average molecular weight is 272 g/mol. The molecule has 0 fully saturated rings. The summed E-state index contributed by atoms with van der Waals surface area (Å²) in [4.78, 5) is 22.5. The van der Waals surface area contributed by atoms with Gasteiger partial charge in [-0.1, -0.05) is 12.1 Å². The van der Waals surface area contributed by atoms with Crippen LogP contribution in [0.15, 0.2) is 30.3 Å². The van der Waals surface area contributed by atoms with Crippen LogP contribution in [-0.2, 0) is 14.3 Å². The highest BCUT2D eigenvalue weighted by Crippen LogP contribution is 2.04. The van der Waals surface area contributed by atoms with Gasteiger partial charge in [0.2, 0.25) is 5.91 Å². The fraction of sp³-hybridized carbons (Fsp3) is 0.267. The maximum atomic E-state index is 11.5. The minimum absolute atomic E-state index is 0.157. The molecule has 0 saturated heterocycles. The number of benzene rings is 1. The molecule has 0 atom stereocenters. The highest BCUT2D eigenvalue weighted by molar-refractivity contribution is 5.91. The van der Waals surface area contributed by atoms with Gasteiger partial charge in [0.25, 0.3) is 0 Å². The second-order valence-electron chi connectivity index (χ2n) is 3.91. The van der Waals surface area contributed by atoms with Gasteiger partial charge in [-0.05, 0) is 30.7 Å². The molecule has 0 heterocycles. The monoisotopic (exact) mass is 272 g/mol. The average Bonchev–Trinajstić information content (AvgIpc) is 2.46. The number of nitrogens with one attached hydrogen (secondary N) is 1. The first-order chi connectivity index (χ1) is 9.65. The fourth-order valence-electron chi connectivity index (χ4n) is 1.42. The van der Waals surface area contributed by atoms with E-state index < -0.39 is 0 Å². The summed E-state index contributed by atoms with van der Waals surface area (Å²) in [6, 6.07) is 8.88. The van der Waals surface area contributed by atoms with Gasteiger partial charge in [0.05, 0.1) is 24.7 Å². The Morgan fingerprint density at radius 1 is 1.35 bits per heavy atom. The molecular weight excluding hydrogens is 256 g/mol. The lowest BCUT2D eigenvalue weighted by Gasteiger charge is -2.02. The summed E-state index contributed by atoms with van der Waals surface area (Å²) in [5.41, 5.74) is 1.39. The Kier molecular flexibility index (Phi) is 6.55. The van der Waals surface area contributed by atoms with E-state index in [0.717, 1.165) is 5.56 Å². The smallest absolute Gasteiger partial charge is 0.307 e. The Morgan fingerprint density at radius 3 is 2.65 bits per heavy atom. The molecule has 0 aromatic heterocycles. The maximum absolute atomic E-state index is 11.5. The van der Waals surface area contributed by atoms with Gasteiger partial charge in [0.1, 0.15) is 0 Å². The lowest BCUT2D eigenvalue weighted by Crippen LogP contribution is -2.24. The first-order valence-electron chi connectivity index (χ1n) is 6.27. The van der Waals surface area contributed by atoms with Crippen molar-refractivity contribution in [2.45, 2.75) is 13.3 Å². The molecule has 20 heavy (non-hydrogen) atoms.